The molecule has 0 radical (unpaired) electrons. The molecule has 5 nitrogen and oxygen atoms in total. The van der Waals surface area contributed by atoms with Gasteiger partial charge in [-0.15, -0.1) is 0 Å². The van der Waals surface area contributed by atoms with Gasteiger partial charge in [0.25, 0.3) is 0 Å². The van der Waals surface area contributed by atoms with Gasteiger partial charge >= 0.3 is 12.1 Å². The number of hydrogen-bond donors (Lipinski definition) is 1. The minimum Gasteiger partial charge on any atom is -0.479 e. The quantitative estimate of drug-likeness (QED) is 0.796. The maximum Gasteiger partial charge on any atom is 0.410 e. The maximum atomic E-state index is 12.0. The van der Waals surface area contributed by atoms with E-state index < -0.39 is 17.6 Å². The van der Waals surface area contributed by atoms with Crippen molar-refractivity contribution in [3.8, 4) is 0 Å². The Morgan fingerprint density at radius 3 is 1.94 bits per heavy atom. The van der Waals surface area contributed by atoms with Crippen LogP contribution in [-0.4, -0.2) is 40.3 Å². The lowest BCUT2D eigenvalue weighted by Crippen LogP contribution is -2.62. The summed E-state index contributed by atoms with van der Waals surface area (Å²) in [7, 11) is 0. The van der Waals surface area contributed by atoms with Crippen molar-refractivity contribution in [3.05, 3.63) is 0 Å². The van der Waals surface area contributed by atoms with Gasteiger partial charge < -0.3 is 9.84 Å². The molecule has 0 saturated carbocycles. The number of amides is 1. The molecule has 5 heteroatoms. The van der Waals surface area contributed by atoms with Gasteiger partial charge in [0.1, 0.15) is 5.54 Å². The van der Waals surface area contributed by atoms with Gasteiger partial charge in [-0.05, 0) is 33.1 Å². The zero-order chi connectivity index (χ0) is 14.5. The second-order valence-electron chi connectivity index (χ2n) is 4.90. The fourth-order valence-electron chi connectivity index (χ4n) is 2.39. The Bertz CT molecular complexity index is 301. The predicted molar refractivity (Wildman–Crippen MR) is 69.5 cm³/mol. The van der Waals surface area contributed by atoms with Crippen LogP contribution < -0.4 is 0 Å². The number of carbonyl (C=O) groups is 2. The van der Waals surface area contributed by atoms with E-state index in [2.05, 4.69) is 0 Å². The second-order valence-corrected chi connectivity index (χ2v) is 4.90. The molecule has 0 rings (SSSR count). The molecule has 0 aliphatic carbocycles. The summed E-state index contributed by atoms with van der Waals surface area (Å²) >= 11 is 0. The molecule has 18 heavy (non-hydrogen) atoms. The highest BCUT2D eigenvalue weighted by Crippen LogP contribution is 2.32. The third kappa shape index (κ3) is 2.94. The average molecular weight is 259 g/mol. The summed E-state index contributed by atoms with van der Waals surface area (Å²) in [5.74, 6) is -1.19. The van der Waals surface area contributed by atoms with Crippen molar-refractivity contribution in [2.24, 2.45) is 5.92 Å². The van der Waals surface area contributed by atoms with E-state index in [4.69, 9.17) is 4.74 Å². The summed E-state index contributed by atoms with van der Waals surface area (Å²) in [6, 6.07) is -0.234. The molecule has 0 aromatic rings. The number of carbonyl (C=O) groups excluding carboxylic acids is 1. The van der Waals surface area contributed by atoms with Crippen LogP contribution in [0.3, 0.4) is 0 Å². The standard InChI is InChI=1S/C13H25NO4/c1-7-13(9(3)4,11(15)16)14(10(5)6)12(17)18-8-2/h9-10H,7-8H2,1-6H3,(H,15,16). The first-order valence-corrected chi connectivity index (χ1v) is 6.45. The molecule has 0 heterocycles. The molecular weight excluding hydrogens is 234 g/mol. The van der Waals surface area contributed by atoms with E-state index in [-0.39, 0.29) is 18.6 Å². The SMILES string of the molecule is CCOC(=O)N(C(C)C)C(CC)(C(=O)O)C(C)C. The summed E-state index contributed by atoms with van der Waals surface area (Å²) in [6.07, 6.45) is -0.220. The molecule has 0 aromatic carbocycles. The van der Waals surface area contributed by atoms with Gasteiger partial charge in [0.2, 0.25) is 0 Å². The van der Waals surface area contributed by atoms with Crippen LogP contribution in [0.15, 0.2) is 0 Å². The number of carboxylic acid groups (broad SMARTS) is 1. The molecule has 106 valence electrons. The van der Waals surface area contributed by atoms with Gasteiger partial charge in [-0.3, -0.25) is 4.90 Å². The lowest BCUT2D eigenvalue weighted by atomic mass is 9.81. The van der Waals surface area contributed by atoms with Crippen LogP contribution in [0.25, 0.3) is 0 Å². The Kier molecular flexibility index (Phi) is 6.15. The molecule has 1 N–H and O–H groups in total. The molecule has 1 atom stereocenters. The highest BCUT2D eigenvalue weighted by molar-refractivity contribution is 5.85. The summed E-state index contributed by atoms with van der Waals surface area (Å²) in [4.78, 5) is 25.1. The molecule has 0 aliphatic rings. The molecular formula is C13H25NO4. The van der Waals surface area contributed by atoms with Crippen LogP contribution in [0, 0.1) is 5.92 Å². The van der Waals surface area contributed by atoms with Crippen LogP contribution in [0.4, 0.5) is 4.79 Å². The smallest absolute Gasteiger partial charge is 0.410 e. The summed E-state index contributed by atoms with van der Waals surface area (Å²) < 4.78 is 5.00. The fourth-order valence-corrected chi connectivity index (χ4v) is 2.39. The monoisotopic (exact) mass is 259 g/mol. The van der Waals surface area contributed by atoms with Gasteiger partial charge in [0, 0.05) is 6.04 Å². The van der Waals surface area contributed by atoms with E-state index in [9.17, 15) is 14.7 Å². The maximum absolute atomic E-state index is 12.0. The number of aliphatic carboxylic acids is 1. The zero-order valence-corrected chi connectivity index (χ0v) is 12.2. The summed E-state index contributed by atoms with van der Waals surface area (Å²) in [5.41, 5.74) is -1.22. The summed E-state index contributed by atoms with van der Waals surface area (Å²) in [5, 5.41) is 9.58. The molecule has 0 fully saturated rings. The minimum atomic E-state index is -1.22. The Balaban J connectivity index is 5.63. The van der Waals surface area contributed by atoms with Crippen LogP contribution in [0.5, 0.6) is 0 Å². The van der Waals surface area contributed by atoms with Crippen molar-refractivity contribution in [3.63, 3.8) is 0 Å². The largest absolute Gasteiger partial charge is 0.479 e. The Hall–Kier alpha value is -1.26. The molecule has 0 aromatic heterocycles. The molecule has 0 bridgehead atoms. The van der Waals surface area contributed by atoms with Crippen molar-refractivity contribution < 1.29 is 19.4 Å². The molecule has 0 spiro atoms. The number of nitrogens with zero attached hydrogens (tertiary/aromatic N) is 1. The van der Waals surface area contributed by atoms with Gasteiger partial charge in [-0.1, -0.05) is 20.8 Å². The summed E-state index contributed by atoms with van der Waals surface area (Å²) in [6.45, 7) is 10.9. The van der Waals surface area contributed by atoms with Crippen molar-refractivity contribution >= 4 is 12.1 Å². The highest BCUT2D eigenvalue weighted by Gasteiger charge is 2.49. The third-order valence-electron chi connectivity index (χ3n) is 3.28. The fraction of sp³-hybridized carbons (Fsp3) is 0.846. The van der Waals surface area contributed by atoms with Crippen LogP contribution in [-0.2, 0) is 9.53 Å². The predicted octanol–water partition coefficient (Wildman–Crippen LogP) is 2.74. The van der Waals surface area contributed by atoms with E-state index in [0.29, 0.717) is 6.42 Å². The molecule has 0 saturated heterocycles. The topological polar surface area (TPSA) is 66.8 Å². The van der Waals surface area contributed by atoms with E-state index in [1.807, 2.05) is 13.8 Å². The van der Waals surface area contributed by atoms with Crippen molar-refractivity contribution in [1.29, 1.82) is 0 Å². The normalized spacial score (nSPS) is 14.4. The van der Waals surface area contributed by atoms with E-state index >= 15 is 0 Å². The number of rotatable bonds is 6. The third-order valence-corrected chi connectivity index (χ3v) is 3.28. The number of carboxylic acids is 1. The molecule has 1 unspecified atom stereocenters. The average Bonchev–Trinajstić information content (AvgIpc) is 2.23. The van der Waals surface area contributed by atoms with Crippen LogP contribution in [0.2, 0.25) is 0 Å². The van der Waals surface area contributed by atoms with E-state index in [1.54, 1.807) is 27.7 Å². The lowest BCUT2D eigenvalue weighted by Gasteiger charge is -2.44. The number of hydrogen-bond acceptors (Lipinski definition) is 3. The van der Waals surface area contributed by atoms with E-state index in [0.717, 1.165) is 0 Å². The van der Waals surface area contributed by atoms with Crippen molar-refractivity contribution in [2.75, 3.05) is 6.61 Å². The number of ether oxygens (including phenoxy) is 1. The Labute approximate surface area is 109 Å². The Morgan fingerprint density at radius 2 is 1.72 bits per heavy atom. The first-order chi connectivity index (χ1) is 8.25. The zero-order valence-electron chi connectivity index (χ0n) is 12.2. The first-order valence-electron chi connectivity index (χ1n) is 6.45. The van der Waals surface area contributed by atoms with Crippen molar-refractivity contribution in [2.45, 2.75) is 59.5 Å². The second kappa shape index (κ2) is 6.61. The van der Waals surface area contributed by atoms with Gasteiger partial charge in [-0.25, -0.2) is 9.59 Å². The Morgan fingerprint density at radius 1 is 1.22 bits per heavy atom. The molecule has 1 amide bonds. The van der Waals surface area contributed by atoms with Crippen LogP contribution in [0.1, 0.15) is 48.0 Å². The lowest BCUT2D eigenvalue weighted by molar-refractivity contribution is -0.155. The van der Waals surface area contributed by atoms with Gasteiger partial charge in [-0.2, -0.15) is 0 Å². The minimum absolute atomic E-state index is 0.202. The van der Waals surface area contributed by atoms with Gasteiger partial charge in [0.15, 0.2) is 0 Å². The molecule has 0 aliphatic heterocycles. The first kappa shape index (κ1) is 16.7. The van der Waals surface area contributed by atoms with Gasteiger partial charge in [0.05, 0.1) is 6.61 Å². The van der Waals surface area contributed by atoms with Crippen LogP contribution >= 0.6 is 0 Å². The van der Waals surface area contributed by atoms with Crippen molar-refractivity contribution in [1.82, 2.24) is 4.90 Å². The van der Waals surface area contributed by atoms with E-state index in [1.165, 1.54) is 4.90 Å². The highest BCUT2D eigenvalue weighted by atomic mass is 16.6.